The van der Waals surface area contributed by atoms with Gasteiger partial charge in [-0.2, -0.15) is 0 Å². The molecule has 0 spiro atoms. The van der Waals surface area contributed by atoms with Crippen molar-refractivity contribution < 1.29 is 18.8 Å². The summed E-state index contributed by atoms with van der Waals surface area (Å²) in [5, 5.41) is 2.78. The lowest BCUT2D eigenvalue weighted by Gasteiger charge is -2.16. The Morgan fingerprint density at radius 3 is 2.85 bits per heavy atom. The summed E-state index contributed by atoms with van der Waals surface area (Å²) in [5.74, 6) is -0.162. The molecular formula is C19H22N4O4. The molecule has 0 unspecified atom stereocenters. The van der Waals surface area contributed by atoms with Gasteiger partial charge >= 0.3 is 0 Å². The Bertz CT molecular complexity index is 831. The maximum Gasteiger partial charge on any atom is 0.289 e. The third-order valence-electron chi connectivity index (χ3n) is 4.40. The number of carbonyl (C=O) groups is 3. The second-order valence-electron chi connectivity index (χ2n) is 6.72. The van der Waals surface area contributed by atoms with Crippen LogP contribution in [-0.2, 0) is 22.7 Å². The quantitative estimate of drug-likeness (QED) is 0.820. The molecule has 8 heteroatoms. The molecule has 1 saturated heterocycles. The molecule has 0 bridgehead atoms. The van der Waals surface area contributed by atoms with E-state index in [0.29, 0.717) is 18.8 Å². The van der Waals surface area contributed by atoms with Crippen molar-refractivity contribution in [1.82, 2.24) is 20.1 Å². The molecule has 8 nitrogen and oxygen atoms in total. The Morgan fingerprint density at radius 2 is 2.15 bits per heavy atom. The molecular weight excluding hydrogens is 348 g/mol. The fraction of sp³-hybridized carbons (Fsp3) is 0.368. The number of carbonyl (C=O) groups excluding carboxylic acids is 3. The minimum Gasteiger partial charge on any atom is -0.454 e. The lowest BCUT2D eigenvalue weighted by atomic mass is 10.1. The van der Waals surface area contributed by atoms with E-state index in [1.54, 1.807) is 43.5 Å². The molecule has 1 fully saturated rings. The Morgan fingerprint density at radius 1 is 1.33 bits per heavy atom. The summed E-state index contributed by atoms with van der Waals surface area (Å²) in [4.78, 5) is 43.5. The molecule has 0 saturated carbocycles. The first-order valence-electron chi connectivity index (χ1n) is 8.69. The van der Waals surface area contributed by atoms with Crippen molar-refractivity contribution in [2.24, 2.45) is 5.92 Å². The van der Waals surface area contributed by atoms with Crippen LogP contribution in [-0.4, -0.2) is 53.1 Å². The largest absolute Gasteiger partial charge is 0.454 e. The molecule has 1 N–H and O–H groups in total. The van der Waals surface area contributed by atoms with Gasteiger partial charge in [-0.25, -0.2) is 0 Å². The van der Waals surface area contributed by atoms with Gasteiger partial charge in [-0.15, -0.1) is 0 Å². The van der Waals surface area contributed by atoms with E-state index in [-0.39, 0.29) is 36.4 Å². The maximum absolute atomic E-state index is 12.4. The molecule has 3 rings (SSSR count). The molecule has 142 valence electrons. The van der Waals surface area contributed by atoms with Crippen molar-refractivity contribution in [3.8, 4) is 0 Å². The van der Waals surface area contributed by atoms with Gasteiger partial charge in [0.2, 0.25) is 11.8 Å². The van der Waals surface area contributed by atoms with Crippen LogP contribution < -0.4 is 5.32 Å². The van der Waals surface area contributed by atoms with Gasteiger partial charge in [-0.1, -0.05) is 6.07 Å². The van der Waals surface area contributed by atoms with Gasteiger partial charge in [0.25, 0.3) is 5.91 Å². The van der Waals surface area contributed by atoms with E-state index in [1.807, 2.05) is 12.1 Å². The lowest BCUT2D eigenvalue weighted by Crippen LogP contribution is -2.32. The molecule has 27 heavy (non-hydrogen) atoms. The number of pyridine rings is 1. The number of hydrogen-bond acceptors (Lipinski definition) is 5. The first kappa shape index (κ1) is 18.6. The minimum absolute atomic E-state index is 0.0455. The van der Waals surface area contributed by atoms with Gasteiger partial charge in [-0.3, -0.25) is 19.4 Å². The number of nitrogens with one attached hydrogen (secondary N) is 1. The Balaban J connectivity index is 1.52. The number of hydrogen-bond donors (Lipinski definition) is 1. The Hall–Kier alpha value is -3.16. The highest BCUT2D eigenvalue weighted by atomic mass is 16.4. The predicted molar refractivity (Wildman–Crippen MR) is 96.3 cm³/mol. The van der Waals surface area contributed by atoms with E-state index >= 15 is 0 Å². The lowest BCUT2D eigenvalue weighted by molar-refractivity contribution is -0.129. The van der Waals surface area contributed by atoms with E-state index in [1.165, 1.54) is 4.90 Å². The van der Waals surface area contributed by atoms with Gasteiger partial charge in [-0.05, 0) is 23.8 Å². The van der Waals surface area contributed by atoms with Crippen molar-refractivity contribution in [2.45, 2.75) is 19.5 Å². The summed E-state index contributed by atoms with van der Waals surface area (Å²) >= 11 is 0. The second kappa shape index (κ2) is 8.03. The number of furan rings is 1. The molecule has 3 heterocycles. The minimum atomic E-state index is -0.396. The summed E-state index contributed by atoms with van der Waals surface area (Å²) in [5.41, 5.74) is 0.931. The smallest absolute Gasteiger partial charge is 0.289 e. The average Bonchev–Trinajstić information content (AvgIpc) is 3.27. The summed E-state index contributed by atoms with van der Waals surface area (Å²) in [7, 11) is 3.28. The number of likely N-dealkylation sites (tertiary alicyclic amines) is 1. The number of nitrogens with zero attached hydrogens (tertiary/aromatic N) is 3. The van der Waals surface area contributed by atoms with E-state index in [0.717, 1.165) is 5.56 Å². The monoisotopic (exact) mass is 370 g/mol. The van der Waals surface area contributed by atoms with Crippen molar-refractivity contribution in [3.63, 3.8) is 0 Å². The van der Waals surface area contributed by atoms with Crippen LogP contribution in [0.3, 0.4) is 0 Å². The third kappa shape index (κ3) is 4.52. The molecule has 1 aliphatic heterocycles. The fourth-order valence-corrected chi connectivity index (χ4v) is 2.94. The predicted octanol–water partition coefficient (Wildman–Crippen LogP) is 1.04. The van der Waals surface area contributed by atoms with Gasteiger partial charge in [0.05, 0.1) is 12.5 Å². The molecule has 1 aliphatic rings. The van der Waals surface area contributed by atoms with Crippen LogP contribution in [0.25, 0.3) is 0 Å². The Kier molecular flexibility index (Phi) is 5.54. The highest BCUT2D eigenvalue weighted by Gasteiger charge is 2.34. The van der Waals surface area contributed by atoms with Crippen LogP contribution in [0, 0.1) is 5.92 Å². The van der Waals surface area contributed by atoms with Gasteiger partial charge in [0.15, 0.2) is 5.76 Å². The van der Waals surface area contributed by atoms with Gasteiger partial charge < -0.3 is 19.5 Å². The maximum atomic E-state index is 12.4. The number of aromatic nitrogens is 1. The number of amides is 3. The molecule has 2 aromatic heterocycles. The fourth-order valence-electron chi connectivity index (χ4n) is 2.94. The molecule has 0 aromatic carbocycles. The third-order valence-corrected chi connectivity index (χ3v) is 4.40. The van der Waals surface area contributed by atoms with Crippen LogP contribution >= 0.6 is 0 Å². The van der Waals surface area contributed by atoms with E-state index in [4.69, 9.17) is 4.42 Å². The van der Waals surface area contributed by atoms with Crippen LogP contribution in [0.4, 0.5) is 0 Å². The molecule has 0 aliphatic carbocycles. The molecule has 1 atom stereocenters. The second-order valence-corrected chi connectivity index (χ2v) is 6.72. The van der Waals surface area contributed by atoms with E-state index < -0.39 is 5.92 Å². The highest BCUT2D eigenvalue weighted by molar-refractivity contribution is 5.91. The normalized spacial score (nSPS) is 16.4. The summed E-state index contributed by atoms with van der Waals surface area (Å²) in [6.07, 6.45) is 3.58. The zero-order chi connectivity index (χ0) is 19.4. The van der Waals surface area contributed by atoms with Crippen LogP contribution in [0.1, 0.15) is 28.3 Å². The molecule has 0 radical (unpaired) electrons. The zero-order valence-corrected chi connectivity index (χ0v) is 15.3. The standard InChI is InChI=1S/C19H22N4O4/c1-22(2)19(26)16-6-5-15(27-16)10-21-18(25)14-8-17(24)23(12-14)11-13-4-3-7-20-9-13/h3-7,9,14H,8,10-12H2,1-2H3,(H,21,25)/t14-/m0/s1. The molecule has 2 aromatic rings. The van der Waals surface area contributed by atoms with Crippen molar-refractivity contribution in [3.05, 3.63) is 53.7 Å². The van der Waals surface area contributed by atoms with Crippen molar-refractivity contribution in [1.29, 1.82) is 0 Å². The van der Waals surface area contributed by atoms with E-state index in [9.17, 15) is 14.4 Å². The summed E-state index contributed by atoms with van der Waals surface area (Å²) in [6, 6.07) is 6.96. The first-order chi connectivity index (χ1) is 12.9. The van der Waals surface area contributed by atoms with Crippen molar-refractivity contribution >= 4 is 17.7 Å². The topological polar surface area (TPSA) is 95.8 Å². The van der Waals surface area contributed by atoms with Crippen LogP contribution in [0.15, 0.2) is 41.1 Å². The highest BCUT2D eigenvalue weighted by Crippen LogP contribution is 2.20. The molecule has 3 amide bonds. The number of rotatable bonds is 6. The van der Waals surface area contributed by atoms with Gasteiger partial charge in [0.1, 0.15) is 5.76 Å². The first-order valence-corrected chi connectivity index (χ1v) is 8.69. The summed E-state index contributed by atoms with van der Waals surface area (Å²) in [6.45, 7) is 1.000. The van der Waals surface area contributed by atoms with Crippen LogP contribution in [0.2, 0.25) is 0 Å². The van der Waals surface area contributed by atoms with E-state index in [2.05, 4.69) is 10.3 Å². The van der Waals surface area contributed by atoms with Crippen LogP contribution in [0.5, 0.6) is 0 Å². The summed E-state index contributed by atoms with van der Waals surface area (Å²) < 4.78 is 5.45. The van der Waals surface area contributed by atoms with Crippen molar-refractivity contribution in [2.75, 3.05) is 20.6 Å². The SMILES string of the molecule is CN(C)C(=O)c1ccc(CNC(=O)[C@H]2CC(=O)N(Cc3cccnc3)C2)o1. The average molecular weight is 370 g/mol. The van der Waals surface area contributed by atoms with Gasteiger partial charge in [0, 0.05) is 46.0 Å². The zero-order valence-electron chi connectivity index (χ0n) is 15.3. The Labute approximate surface area is 157 Å².